The lowest BCUT2D eigenvalue weighted by Gasteiger charge is -2.06. The molecule has 7 heteroatoms. The molecule has 0 spiro atoms. The highest BCUT2D eigenvalue weighted by molar-refractivity contribution is 7.91. The molecule has 1 aliphatic rings. The smallest absolute Gasteiger partial charge is 0.182 e. The van der Waals surface area contributed by atoms with Crippen molar-refractivity contribution in [3.8, 4) is 0 Å². The molecule has 0 aliphatic heterocycles. The molecule has 0 saturated heterocycles. The Kier molecular flexibility index (Phi) is 3.27. The van der Waals surface area contributed by atoms with E-state index in [1.54, 1.807) is 4.68 Å². The first kappa shape index (κ1) is 13.2. The molecule has 0 aromatic carbocycles. The number of hydrogen-bond donors (Lipinski definition) is 2. The third-order valence-corrected chi connectivity index (χ3v) is 4.16. The first-order valence-corrected chi connectivity index (χ1v) is 8.01. The van der Waals surface area contributed by atoms with Gasteiger partial charge in [0.25, 0.3) is 0 Å². The van der Waals surface area contributed by atoms with E-state index in [1.807, 2.05) is 13.8 Å². The fraction of sp³-hybridized carbons (Fsp3) is 0.727. The fourth-order valence-electron chi connectivity index (χ4n) is 1.87. The maximum absolute atomic E-state index is 11.8. The van der Waals surface area contributed by atoms with Crippen LogP contribution in [0.5, 0.6) is 0 Å². The fourth-order valence-corrected chi connectivity index (χ4v) is 2.81. The zero-order valence-electron chi connectivity index (χ0n) is 11.0. The lowest BCUT2D eigenvalue weighted by Crippen LogP contribution is -2.09. The number of anilines is 2. The molecule has 0 amide bonds. The second-order valence-electron chi connectivity index (χ2n) is 5.20. The van der Waals surface area contributed by atoms with Gasteiger partial charge in [-0.15, -0.1) is 0 Å². The Morgan fingerprint density at radius 3 is 2.56 bits per heavy atom. The zero-order valence-corrected chi connectivity index (χ0v) is 11.8. The standard InChI is InChI=1S/C11H20N4O2S/c1-7(2)15-10(12)9(18(3,16)17)11(14-15)13-6-8-4-5-8/h7-8H,4-6,12H2,1-3H3,(H,13,14). The zero-order chi connectivity index (χ0) is 13.5. The number of rotatable bonds is 5. The molecular weight excluding hydrogens is 252 g/mol. The summed E-state index contributed by atoms with van der Waals surface area (Å²) in [6.45, 7) is 4.59. The number of hydrogen-bond acceptors (Lipinski definition) is 5. The molecule has 102 valence electrons. The largest absolute Gasteiger partial charge is 0.383 e. The number of sulfone groups is 1. The Labute approximate surface area is 107 Å². The van der Waals surface area contributed by atoms with E-state index in [0.29, 0.717) is 11.7 Å². The molecule has 1 aromatic rings. The summed E-state index contributed by atoms with van der Waals surface area (Å²) in [6, 6.07) is 0.0296. The summed E-state index contributed by atoms with van der Waals surface area (Å²) in [5.74, 6) is 1.24. The van der Waals surface area contributed by atoms with Gasteiger partial charge in [0.2, 0.25) is 0 Å². The van der Waals surface area contributed by atoms with Gasteiger partial charge in [-0.05, 0) is 32.6 Å². The van der Waals surface area contributed by atoms with Crippen LogP contribution in [0.25, 0.3) is 0 Å². The third-order valence-electron chi connectivity index (χ3n) is 3.02. The van der Waals surface area contributed by atoms with Crippen LogP contribution >= 0.6 is 0 Å². The van der Waals surface area contributed by atoms with Gasteiger partial charge in [0.15, 0.2) is 20.6 Å². The first-order chi connectivity index (χ1) is 8.30. The normalized spacial score (nSPS) is 16.2. The van der Waals surface area contributed by atoms with Gasteiger partial charge in [0, 0.05) is 18.8 Å². The highest BCUT2D eigenvalue weighted by Gasteiger charge is 2.27. The summed E-state index contributed by atoms with van der Waals surface area (Å²) in [5, 5.41) is 7.38. The third kappa shape index (κ3) is 2.60. The summed E-state index contributed by atoms with van der Waals surface area (Å²) in [6.07, 6.45) is 3.55. The SMILES string of the molecule is CC(C)n1nc(NCC2CC2)c(S(C)(=O)=O)c1N. The lowest BCUT2D eigenvalue weighted by molar-refractivity contribution is 0.541. The van der Waals surface area contributed by atoms with Gasteiger partial charge in [-0.3, -0.25) is 0 Å². The molecule has 0 radical (unpaired) electrons. The average Bonchev–Trinajstić information content (AvgIpc) is 2.97. The van der Waals surface area contributed by atoms with Crippen LogP contribution in [0.2, 0.25) is 0 Å². The van der Waals surface area contributed by atoms with E-state index in [9.17, 15) is 8.42 Å². The Balaban J connectivity index is 2.38. The van der Waals surface area contributed by atoms with Crippen molar-refractivity contribution in [2.45, 2.75) is 37.6 Å². The minimum atomic E-state index is -3.38. The van der Waals surface area contributed by atoms with E-state index in [2.05, 4.69) is 10.4 Å². The van der Waals surface area contributed by atoms with Crippen molar-refractivity contribution in [2.75, 3.05) is 23.9 Å². The molecule has 0 unspecified atom stereocenters. The molecule has 6 nitrogen and oxygen atoms in total. The van der Waals surface area contributed by atoms with Gasteiger partial charge in [-0.1, -0.05) is 0 Å². The second-order valence-corrected chi connectivity index (χ2v) is 7.15. The van der Waals surface area contributed by atoms with Crippen molar-refractivity contribution in [1.82, 2.24) is 9.78 Å². The van der Waals surface area contributed by atoms with Gasteiger partial charge in [-0.25, -0.2) is 13.1 Å². The van der Waals surface area contributed by atoms with Crippen LogP contribution < -0.4 is 11.1 Å². The van der Waals surface area contributed by atoms with Gasteiger partial charge in [0.1, 0.15) is 5.82 Å². The van der Waals surface area contributed by atoms with Gasteiger partial charge in [0.05, 0.1) is 0 Å². The van der Waals surface area contributed by atoms with Gasteiger partial charge >= 0.3 is 0 Å². The molecule has 3 N–H and O–H groups in total. The van der Waals surface area contributed by atoms with Crippen molar-refractivity contribution in [2.24, 2.45) is 5.92 Å². The van der Waals surface area contributed by atoms with Gasteiger partial charge in [-0.2, -0.15) is 5.10 Å². The Morgan fingerprint density at radius 2 is 2.11 bits per heavy atom. The summed E-state index contributed by atoms with van der Waals surface area (Å²) in [4.78, 5) is 0.122. The maximum Gasteiger partial charge on any atom is 0.182 e. The summed E-state index contributed by atoms with van der Waals surface area (Å²) in [5.41, 5.74) is 5.89. The van der Waals surface area contributed by atoms with E-state index in [-0.39, 0.29) is 16.8 Å². The van der Waals surface area contributed by atoms with Crippen LogP contribution in [0.3, 0.4) is 0 Å². The van der Waals surface area contributed by atoms with Crippen molar-refractivity contribution in [3.63, 3.8) is 0 Å². The number of nitrogens with zero attached hydrogens (tertiary/aromatic N) is 2. The maximum atomic E-state index is 11.8. The molecule has 1 aliphatic carbocycles. The Hall–Kier alpha value is -1.24. The summed E-state index contributed by atoms with van der Waals surface area (Å²) >= 11 is 0. The average molecular weight is 272 g/mol. The van der Waals surface area contributed by atoms with Crippen molar-refractivity contribution in [3.05, 3.63) is 0 Å². The number of aromatic nitrogens is 2. The molecule has 2 rings (SSSR count). The predicted molar refractivity (Wildman–Crippen MR) is 71.3 cm³/mol. The van der Waals surface area contributed by atoms with E-state index < -0.39 is 9.84 Å². The number of nitrogen functional groups attached to an aromatic ring is 1. The van der Waals surface area contributed by atoms with E-state index in [4.69, 9.17) is 5.73 Å². The topological polar surface area (TPSA) is 90.0 Å². The van der Waals surface area contributed by atoms with Crippen molar-refractivity contribution < 1.29 is 8.42 Å². The molecular formula is C11H20N4O2S. The quantitative estimate of drug-likeness (QED) is 0.842. The molecule has 0 atom stereocenters. The second kappa shape index (κ2) is 4.46. The molecule has 0 bridgehead atoms. The summed E-state index contributed by atoms with van der Waals surface area (Å²) < 4.78 is 25.1. The molecule has 1 heterocycles. The number of nitrogens with two attached hydrogens (primary N) is 1. The summed E-state index contributed by atoms with van der Waals surface area (Å²) in [7, 11) is -3.38. The van der Waals surface area contributed by atoms with Crippen LogP contribution in [0.1, 0.15) is 32.7 Å². The van der Waals surface area contributed by atoms with Crippen LogP contribution in [-0.2, 0) is 9.84 Å². The highest BCUT2D eigenvalue weighted by atomic mass is 32.2. The van der Waals surface area contributed by atoms with Crippen LogP contribution in [0, 0.1) is 5.92 Å². The van der Waals surface area contributed by atoms with Crippen LogP contribution in [0.4, 0.5) is 11.6 Å². The molecule has 1 fully saturated rings. The monoisotopic (exact) mass is 272 g/mol. The van der Waals surface area contributed by atoms with E-state index in [0.717, 1.165) is 12.8 Å². The number of nitrogens with one attached hydrogen (secondary N) is 1. The predicted octanol–water partition coefficient (Wildman–Crippen LogP) is 1.27. The Bertz CT molecular complexity index is 544. The van der Waals surface area contributed by atoms with E-state index in [1.165, 1.54) is 12.8 Å². The highest BCUT2D eigenvalue weighted by Crippen LogP contribution is 2.32. The lowest BCUT2D eigenvalue weighted by atomic mass is 10.4. The van der Waals surface area contributed by atoms with Crippen molar-refractivity contribution >= 4 is 21.5 Å². The first-order valence-electron chi connectivity index (χ1n) is 6.12. The molecule has 1 saturated carbocycles. The molecule has 1 aromatic heterocycles. The van der Waals surface area contributed by atoms with Crippen molar-refractivity contribution in [1.29, 1.82) is 0 Å². The van der Waals surface area contributed by atoms with Crippen LogP contribution in [0.15, 0.2) is 4.90 Å². The minimum absolute atomic E-state index is 0.0296. The Morgan fingerprint density at radius 1 is 1.50 bits per heavy atom. The van der Waals surface area contributed by atoms with Gasteiger partial charge < -0.3 is 11.1 Å². The molecule has 18 heavy (non-hydrogen) atoms. The van der Waals surface area contributed by atoms with E-state index >= 15 is 0 Å². The van der Waals surface area contributed by atoms with Crippen LogP contribution in [-0.4, -0.2) is 31.0 Å². The minimum Gasteiger partial charge on any atom is -0.383 e.